The minimum atomic E-state index is 0.769. The van der Waals surface area contributed by atoms with Crippen LogP contribution in [0.1, 0.15) is 32.6 Å². The fourth-order valence-corrected chi connectivity index (χ4v) is 3.05. The third-order valence-electron chi connectivity index (χ3n) is 3.11. The van der Waals surface area contributed by atoms with Gasteiger partial charge in [0.05, 0.1) is 0 Å². The van der Waals surface area contributed by atoms with Crippen molar-refractivity contribution in [3.8, 4) is 0 Å². The zero-order chi connectivity index (χ0) is 16.2. The Morgan fingerprint density at radius 2 is 1.00 bits per heavy atom. The molecule has 0 heterocycles. The molecule has 0 amide bonds. The molecule has 0 aliphatic heterocycles. The lowest BCUT2D eigenvalue weighted by molar-refractivity contribution is 0.112. The van der Waals surface area contributed by atoms with E-state index in [1.165, 1.54) is 20.1 Å². The van der Waals surface area contributed by atoms with E-state index < -0.39 is 0 Å². The Morgan fingerprint density at radius 3 is 1.38 bits per heavy atom. The summed E-state index contributed by atoms with van der Waals surface area (Å²) in [5, 5.41) is 0. The van der Waals surface area contributed by atoms with E-state index in [4.69, 9.17) is 0 Å². The molecule has 0 aliphatic carbocycles. The predicted molar refractivity (Wildman–Crippen MR) is 100 cm³/mol. The number of hydrogen-bond donors (Lipinski definition) is 0. The maximum Gasteiger partial charge on any atom is 0.150 e. The molecular formula is C17H17Br3O. The largest absolute Gasteiger partial charge is 0.298 e. The molecule has 0 radical (unpaired) electrons. The molecule has 21 heavy (non-hydrogen) atoms. The molecule has 0 saturated carbocycles. The van der Waals surface area contributed by atoms with E-state index in [9.17, 15) is 4.79 Å². The van der Waals surface area contributed by atoms with Gasteiger partial charge in [0.25, 0.3) is 0 Å². The summed E-state index contributed by atoms with van der Waals surface area (Å²) in [6, 6.07) is 8.06. The van der Waals surface area contributed by atoms with Gasteiger partial charge in [-0.1, -0.05) is 47.8 Å². The highest BCUT2D eigenvalue weighted by Gasteiger charge is 2.00. The van der Waals surface area contributed by atoms with Crippen LogP contribution in [0.2, 0.25) is 0 Å². The lowest BCUT2D eigenvalue weighted by atomic mass is 10.1. The molecule has 112 valence electrons. The Balaban J connectivity index is 0.000000211. The van der Waals surface area contributed by atoms with E-state index >= 15 is 0 Å². The van der Waals surface area contributed by atoms with Crippen molar-refractivity contribution in [1.29, 1.82) is 0 Å². The van der Waals surface area contributed by atoms with Gasteiger partial charge in [-0.15, -0.1) is 0 Å². The maximum absolute atomic E-state index is 10.5. The fourth-order valence-electron chi connectivity index (χ4n) is 1.68. The van der Waals surface area contributed by atoms with Gasteiger partial charge in [0.15, 0.2) is 0 Å². The molecule has 1 nitrogen and oxygen atoms in total. The SMILES string of the molecule is Cc1cc(Br)c(C)cc1Br.Cc1cc(C=O)c(C)cc1Br. The van der Waals surface area contributed by atoms with E-state index in [-0.39, 0.29) is 0 Å². The van der Waals surface area contributed by atoms with Crippen molar-refractivity contribution < 1.29 is 4.79 Å². The quantitative estimate of drug-likeness (QED) is 0.418. The number of carbonyl (C=O) groups excluding carboxylic acids is 1. The lowest BCUT2D eigenvalue weighted by Gasteiger charge is -2.01. The summed E-state index contributed by atoms with van der Waals surface area (Å²) >= 11 is 10.3. The van der Waals surface area contributed by atoms with Crippen molar-refractivity contribution in [1.82, 2.24) is 0 Å². The predicted octanol–water partition coefficient (Wildman–Crippen LogP) is 6.71. The Kier molecular flexibility index (Phi) is 7.31. The third kappa shape index (κ3) is 5.35. The van der Waals surface area contributed by atoms with E-state index in [1.54, 1.807) is 0 Å². The molecular weight excluding hydrogens is 460 g/mol. The Morgan fingerprint density at radius 1 is 0.667 bits per heavy atom. The molecule has 0 fully saturated rings. The molecule has 0 aromatic heterocycles. The van der Waals surface area contributed by atoms with Crippen LogP contribution < -0.4 is 0 Å². The normalized spacial score (nSPS) is 9.86. The van der Waals surface area contributed by atoms with Crippen molar-refractivity contribution in [3.05, 3.63) is 65.5 Å². The second-order valence-electron chi connectivity index (χ2n) is 4.93. The van der Waals surface area contributed by atoms with Gasteiger partial charge in [0.1, 0.15) is 6.29 Å². The van der Waals surface area contributed by atoms with Crippen LogP contribution in [0.3, 0.4) is 0 Å². The molecule has 0 atom stereocenters. The first-order valence-corrected chi connectivity index (χ1v) is 8.78. The Hall–Kier alpha value is -0.450. The van der Waals surface area contributed by atoms with Gasteiger partial charge >= 0.3 is 0 Å². The van der Waals surface area contributed by atoms with Gasteiger partial charge in [-0.05, 0) is 74.2 Å². The van der Waals surface area contributed by atoms with Crippen molar-refractivity contribution >= 4 is 54.1 Å². The summed E-state index contributed by atoms with van der Waals surface area (Å²) in [4.78, 5) is 10.5. The second kappa shape index (κ2) is 8.25. The number of benzene rings is 2. The number of rotatable bonds is 1. The highest BCUT2D eigenvalue weighted by atomic mass is 79.9. The zero-order valence-electron chi connectivity index (χ0n) is 12.4. The summed E-state index contributed by atoms with van der Waals surface area (Å²) in [6.07, 6.45) is 0.884. The molecule has 2 aromatic rings. The van der Waals surface area contributed by atoms with E-state index in [0.29, 0.717) is 0 Å². The van der Waals surface area contributed by atoms with Gasteiger partial charge < -0.3 is 0 Å². The average molecular weight is 477 g/mol. The minimum Gasteiger partial charge on any atom is -0.298 e. The Labute approximate surface area is 151 Å². The van der Waals surface area contributed by atoms with Crippen LogP contribution in [-0.4, -0.2) is 6.29 Å². The molecule has 0 bridgehead atoms. The molecule has 2 rings (SSSR count). The highest BCUT2D eigenvalue weighted by molar-refractivity contribution is 9.11. The maximum atomic E-state index is 10.5. The number of carbonyl (C=O) groups is 1. The van der Waals surface area contributed by atoms with Crippen LogP contribution in [0.4, 0.5) is 0 Å². The summed E-state index contributed by atoms with van der Waals surface area (Å²) in [7, 11) is 0. The van der Waals surface area contributed by atoms with Crippen LogP contribution in [0, 0.1) is 27.7 Å². The standard InChI is InChI=1S/C9H9BrO.C8H8Br2/c1-6-4-9(10)7(2)3-8(6)5-11;1-5-3-8(10)6(2)4-7(5)9/h3-5H,1-2H3;3-4H,1-2H3. The summed E-state index contributed by atoms with van der Waals surface area (Å²) in [5.41, 5.74) is 5.40. The van der Waals surface area contributed by atoms with Crippen LogP contribution >= 0.6 is 47.8 Å². The lowest BCUT2D eigenvalue weighted by Crippen LogP contribution is -1.88. The van der Waals surface area contributed by atoms with Crippen molar-refractivity contribution in [2.24, 2.45) is 0 Å². The van der Waals surface area contributed by atoms with Crippen molar-refractivity contribution in [3.63, 3.8) is 0 Å². The van der Waals surface area contributed by atoms with E-state index in [2.05, 4.69) is 73.8 Å². The smallest absolute Gasteiger partial charge is 0.150 e. The van der Waals surface area contributed by atoms with Gasteiger partial charge in [-0.2, -0.15) is 0 Å². The van der Waals surface area contributed by atoms with Gasteiger partial charge in [-0.3, -0.25) is 4.79 Å². The highest BCUT2D eigenvalue weighted by Crippen LogP contribution is 2.24. The summed E-state index contributed by atoms with van der Waals surface area (Å²) < 4.78 is 3.40. The van der Waals surface area contributed by atoms with E-state index in [1.807, 2.05) is 26.0 Å². The molecule has 0 aliphatic rings. The number of halogens is 3. The number of hydrogen-bond acceptors (Lipinski definition) is 1. The monoisotopic (exact) mass is 474 g/mol. The van der Waals surface area contributed by atoms with Crippen molar-refractivity contribution in [2.75, 3.05) is 0 Å². The second-order valence-corrected chi connectivity index (χ2v) is 7.49. The average Bonchev–Trinajstić information content (AvgIpc) is 2.41. The third-order valence-corrected chi connectivity index (χ3v) is 5.68. The molecule has 4 heteroatoms. The first-order chi connectivity index (χ1) is 9.76. The van der Waals surface area contributed by atoms with Crippen LogP contribution in [0.5, 0.6) is 0 Å². The topological polar surface area (TPSA) is 17.1 Å². The molecule has 0 unspecified atom stereocenters. The molecule has 0 N–H and O–H groups in total. The van der Waals surface area contributed by atoms with Crippen LogP contribution in [-0.2, 0) is 0 Å². The first kappa shape index (κ1) is 18.6. The van der Waals surface area contributed by atoms with E-state index in [0.717, 1.165) is 27.4 Å². The fraction of sp³-hybridized carbons (Fsp3) is 0.235. The van der Waals surface area contributed by atoms with Gasteiger partial charge in [0.2, 0.25) is 0 Å². The van der Waals surface area contributed by atoms with Crippen LogP contribution in [0.15, 0.2) is 37.7 Å². The first-order valence-electron chi connectivity index (χ1n) is 6.40. The Bertz CT molecular complexity index is 613. The summed E-state index contributed by atoms with van der Waals surface area (Å²) in [5.74, 6) is 0. The van der Waals surface area contributed by atoms with Crippen LogP contribution in [0.25, 0.3) is 0 Å². The van der Waals surface area contributed by atoms with Gasteiger partial charge in [-0.25, -0.2) is 0 Å². The summed E-state index contributed by atoms with van der Waals surface area (Å²) in [6.45, 7) is 8.05. The van der Waals surface area contributed by atoms with Crippen molar-refractivity contribution in [2.45, 2.75) is 27.7 Å². The number of aldehydes is 1. The number of aryl methyl sites for hydroxylation is 4. The van der Waals surface area contributed by atoms with Gasteiger partial charge in [0, 0.05) is 19.0 Å². The minimum absolute atomic E-state index is 0.769. The molecule has 0 saturated heterocycles. The zero-order valence-corrected chi connectivity index (χ0v) is 17.2. The molecule has 2 aromatic carbocycles. The molecule has 0 spiro atoms.